The lowest BCUT2D eigenvalue weighted by atomic mass is 9.75. The average Bonchev–Trinajstić information content (AvgIpc) is 3.62. The third kappa shape index (κ3) is 7.37. The Labute approximate surface area is 291 Å². The van der Waals surface area contributed by atoms with E-state index in [1.807, 2.05) is 13.0 Å². The maximum absolute atomic E-state index is 13.5. The molecule has 2 aromatic heterocycles. The summed E-state index contributed by atoms with van der Waals surface area (Å²) in [6.45, 7) is 15.9. The Morgan fingerprint density at radius 2 is 1.74 bits per heavy atom. The number of carbonyl (C=O) groups excluding carboxylic acids is 1. The van der Waals surface area contributed by atoms with Crippen molar-refractivity contribution in [1.29, 1.82) is 0 Å². The van der Waals surface area contributed by atoms with Crippen LogP contribution in [0.2, 0.25) is 0 Å². The van der Waals surface area contributed by atoms with E-state index in [9.17, 15) is 22.0 Å². The topological polar surface area (TPSA) is 166 Å². The molecule has 1 saturated carbocycles. The normalized spacial score (nSPS) is 19.8. The number of fused-ring (bicyclic) bond motifs is 1. The Balaban J connectivity index is 1.19. The number of aromatic nitrogens is 3. The van der Waals surface area contributed by atoms with Crippen molar-refractivity contribution in [3.05, 3.63) is 95.5 Å². The Kier molecular flexibility index (Phi) is 9.70. The molecule has 1 fully saturated rings. The lowest BCUT2D eigenvalue weighted by Crippen LogP contribution is -2.37. The smallest absolute Gasteiger partial charge is 0.331 e. The van der Waals surface area contributed by atoms with E-state index < -0.39 is 27.4 Å². The van der Waals surface area contributed by atoms with Gasteiger partial charge in [-0.1, -0.05) is 39.0 Å². The first-order chi connectivity index (χ1) is 23.8. The molecule has 50 heavy (non-hydrogen) atoms. The zero-order valence-corrected chi connectivity index (χ0v) is 29.2. The highest BCUT2D eigenvalue weighted by Crippen LogP contribution is 2.37. The van der Waals surface area contributed by atoms with Crippen LogP contribution >= 0.6 is 0 Å². The van der Waals surface area contributed by atoms with Crippen LogP contribution in [0.1, 0.15) is 49.5 Å². The summed E-state index contributed by atoms with van der Waals surface area (Å²) >= 11 is -2.08. The molecule has 2 heterocycles. The van der Waals surface area contributed by atoms with Gasteiger partial charge in [0.2, 0.25) is 5.69 Å². The van der Waals surface area contributed by atoms with E-state index in [0.717, 1.165) is 18.4 Å². The second-order valence-electron chi connectivity index (χ2n) is 12.6. The van der Waals surface area contributed by atoms with Crippen molar-refractivity contribution in [2.24, 2.45) is 17.8 Å². The minimum absolute atomic E-state index is 0.109. The van der Waals surface area contributed by atoms with Gasteiger partial charge in [0, 0.05) is 11.8 Å². The average molecular weight is 718 g/mol. The van der Waals surface area contributed by atoms with Crippen LogP contribution in [0.3, 0.4) is 0 Å². The van der Waals surface area contributed by atoms with Crippen molar-refractivity contribution in [1.82, 2.24) is 14.6 Å². The molecule has 0 spiro atoms. The summed E-state index contributed by atoms with van der Waals surface area (Å²) in [7, 11) is -4.36. The van der Waals surface area contributed by atoms with Crippen molar-refractivity contribution in [2.45, 2.75) is 51.5 Å². The molecule has 6 rings (SSSR count). The molecule has 0 amide bonds. The Morgan fingerprint density at radius 1 is 1.06 bits per heavy atom. The summed E-state index contributed by atoms with van der Waals surface area (Å²) in [5.74, 6) is 1.42. The second-order valence-corrected chi connectivity index (χ2v) is 14.9. The van der Waals surface area contributed by atoms with E-state index in [1.165, 1.54) is 35.0 Å². The van der Waals surface area contributed by atoms with Gasteiger partial charge < -0.3 is 13.7 Å². The van der Waals surface area contributed by atoms with Gasteiger partial charge in [0.15, 0.2) is 23.0 Å². The standard InChI is InChI=1S/C35H35N5O8S2/c1-20-16-22(3)32(23(4)17-20)47-35(41)31-28(36-5)19-40-34(31)37-33(38-40)27-18-24(11-10-21(27)2)39-49(42)48-30-9-7-6-8-29(30)46-25-12-14-26(15-13-25)50(43,44)45/h6-15,18-20,22-23,32,39H,16-17H2,1-4H3,(H,37,38)(H,43,44,45). The van der Waals surface area contributed by atoms with Gasteiger partial charge in [0.05, 0.1) is 17.2 Å². The van der Waals surface area contributed by atoms with Crippen LogP contribution in [0.15, 0.2) is 77.8 Å². The largest absolute Gasteiger partial charge is 0.459 e. The number of nitrogens with zero attached hydrogens (tertiary/aromatic N) is 3. The third-order valence-electron chi connectivity index (χ3n) is 8.70. The minimum Gasteiger partial charge on any atom is -0.459 e. The Hall–Kier alpha value is -5.17. The molecule has 0 saturated heterocycles. The quantitative estimate of drug-likeness (QED) is 0.0752. The highest BCUT2D eigenvalue weighted by molar-refractivity contribution is 7.85. The van der Waals surface area contributed by atoms with Gasteiger partial charge in [-0.05, 0) is 91.6 Å². The minimum atomic E-state index is -4.36. The number of anilines is 1. The molecule has 3 atom stereocenters. The number of rotatable bonds is 10. The second kappa shape index (κ2) is 14.0. The van der Waals surface area contributed by atoms with E-state index in [-0.39, 0.29) is 57.0 Å². The van der Waals surface area contributed by atoms with Crippen LogP contribution < -0.4 is 13.6 Å². The molecule has 1 aliphatic rings. The fourth-order valence-corrected chi connectivity index (χ4v) is 7.62. The zero-order chi connectivity index (χ0) is 35.7. The maximum Gasteiger partial charge on any atom is 0.331 e. The number of esters is 1. The first-order valence-electron chi connectivity index (χ1n) is 15.8. The first-order valence-corrected chi connectivity index (χ1v) is 18.3. The number of ether oxygens (including phenoxy) is 2. The fraction of sp³-hybridized carbons (Fsp3) is 0.286. The van der Waals surface area contributed by atoms with Gasteiger partial charge in [-0.15, -0.1) is 0 Å². The maximum atomic E-state index is 13.5. The van der Waals surface area contributed by atoms with E-state index in [2.05, 4.69) is 35.4 Å². The van der Waals surface area contributed by atoms with E-state index in [0.29, 0.717) is 23.0 Å². The van der Waals surface area contributed by atoms with Gasteiger partial charge in [0.1, 0.15) is 17.4 Å². The molecule has 3 N–H and O–H groups in total. The molecule has 15 heteroatoms. The molecule has 0 aliphatic heterocycles. The summed E-state index contributed by atoms with van der Waals surface area (Å²) in [6.07, 6.45) is 3.20. The van der Waals surface area contributed by atoms with Crippen molar-refractivity contribution < 1.29 is 35.6 Å². The summed E-state index contributed by atoms with van der Waals surface area (Å²) in [5, 5.41) is 3.15. The van der Waals surface area contributed by atoms with Gasteiger partial charge in [-0.25, -0.2) is 14.6 Å². The number of H-pyrrole nitrogens is 1. The first kappa shape index (κ1) is 34.7. The van der Waals surface area contributed by atoms with Crippen molar-refractivity contribution in [3.8, 4) is 28.6 Å². The molecule has 5 aromatic rings. The summed E-state index contributed by atoms with van der Waals surface area (Å²) in [6, 6.07) is 16.9. The van der Waals surface area contributed by atoms with Gasteiger partial charge >= 0.3 is 17.2 Å². The molecule has 13 nitrogen and oxygen atoms in total. The monoisotopic (exact) mass is 717 g/mol. The predicted molar refractivity (Wildman–Crippen MR) is 187 cm³/mol. The van der Waals surface area contributed by atoms with Crippen LogP contribution in [0.25, 0.3) is 21.9 Å². The van der Waals surface area contributed by atoms with Crippen LogP contribution in [0.4, 0.5) is 11.4 Å². The summed E-state index contributed by atoms with van der Waals surface area (Å²) in [4.78, 5) is 21.5. The summed E-state index contributed by atoms with van der Waals surface area (Å²) in [5.41, 5.74) is 2.46. The van der Waals surface area contributed by atoms with Crippen molar-refractivity contribution in [3.63, 3.8) is 0 Å². The number of aromatic amines is 1. The number of nitrogens with one attached hydrogen (secondary N) is 2. The molecule has 0 radical (unpaired) electrons. The molecule has 260 valence electrons. The number of hydrogen-bond acceptors (Lipinski definition) is 8. The molecule has 0 bridgehead atoms. The number of hydrogen-bond donors (Lipinski definition) is 3. The number of benzene rings is 3. The molecular weight excluding hydrogens is 683 g/mol. The number of carbonyl (C=O) groups is 1. The van der Waals surface area contributed by atoms with Gasteiger partial charge in [-0.3, -0.25) is 18.9 Å². The van der Waals surface area contributed by atoms with Crippen LogP contribution in [-0.2, 0) is 26.1 Å². The van der Waals surface area contributed by atoms with Crippen molar-refractivity contribution in [2.75, 3.05) is 4.72 Å². The molecule has 3 unspecified atom stereocenters. The highest BCUT2D eigenvalue weighted by atomic mass is 32.2. The van der Waals surface area contributed by atoms with Crippen LogP contribution in [-0.4, -0.2) is 43.9 Å². The number of aryl methyl sites for hydroxylation is 1. The predicted octanol–water partition coefficient (Wildman–Crippen LogP) is 7.52. The van der Waals surface area contributed by atoms with E-state index in [4.69, 9.17) is 25.2 Å². The molecule has 3 aromatic carbocycles. The Morgan fingerprint density at radius 3 is 2.40 bits per heavy atom. The molecule has 1 aliphatic carbocycles. The summed E-state index contributed by atoms with van der Waals surface area (Å²) < 4.78 is 66.9. The zero-order valence-electron chi connectivity index (χ0n) is 27.6. The fourth-order valence-electron chi connectivity index (χ4n) is 6.48. The van der Waals surface area contributed by atoms with E-state index in [1.54, 1.807) is 36.4 Å². The van der Waals surface area contributed by atoms with Crippen molar-refractivity contribution >= 4 is 44.4 Å². The number of para-hydroxylation sites is 2. The molecular formula is C35H35N5O8S2. The van der Waals surface area contributed by atoms with E-state index >= 15 is 0 Å². The van der Waals surface area contributed by atoms with Crippen LogP contribution in [0, 0.1) is 31.2 Å². The lowest BCUT2D eigenvalue weighted by Gasteiger charge is -2.37. The highest BCUT2D eigenvalue weighted by Gasteiger charge is 2.35. The SMILES string of the molecule is [C-]#[N+]c1cn2[nH]c(-c3cc(NS(=O)Oc4ccccc4Oc4ccc(S(=O)(=O)O)cc4)ccc3C)nc2c1C(=O)OC1C(C)CC(C)CC1C. The Bertz CT molecular complexity index is 2230. The van der Waals surface area contributed by atoms with Gasteiger partial charge in [-0.2, -0.15) is 12.6 Å². The van der Waals surface area contributed by atoms with Gasteiger partial charge in [0.25, 0.3) is 10.1 Å². The lowest BCUT2D eigenvalue weighted by molar-refractivity contribution is -0.0249. The van der Waals surface area contributed by atoms with Crippen LogP contribution in [0.5, 0.6) is 17.2 Å². The third-order valence-corrected chi connectivity index (χ3v) is 10.3.